The summed E-state index contributed by atoms with van der Waals surface area (Å²) < 4.78 is 5.63. The third-order valence-corrected chi connectivity index (χ3v) is 2.94. The molecule has 0 aliphatic heterocycles. The van der Waals surface area contributed by atoms with Gasteiger partial charge in [-0.05, 0) is 23.8 Å². The van der Waals surface area contributed by atoms with Gasteiger partial charge in [-0.3, -0.25) is 4.79 Å². The molecule has 1 saturated carbocycles. The van der Waals surface area contributed by atoms with E-state index in [1.807, 2.05) is 24.3 Å². The lowest BCUT2D eigenvalue weighted by Gasteiger charge is -2.09. The second kappa shape index (κ2) is 4.15. The van der Waals surface area contributed by atoms with Gasteiger partial charge in [-0.15, -0.1) is 0 Å². The van der Waals surface area contributed by atoms with Gasteiger partial charge in [-0.2, -0.15) is 0 Å². The first-order valence-electron chi connectivity index (χ1n) is 5.34. The van der Waals surface area contributed by atoms with Gasteiger partial charge < -0.3 is 4.74 Å². The Morgan fingerprint density at radius 1 is 1.33 bits per heavy atom. The Hall–Kier alpha value is -1.15. The van der Waals surface area contributed by atoms with E-state index in [0.717, 1.165) is 18.5 Å². The molecule has 0 aromatic heterocycles. The van der Waals surface area contributed by atoms with Crippen molar-refractivity contribution in [2.75, 3.05) is 6.61 Å². The molecule has 1 aliphatic rings. The minimum absolute atomic E-state index is 0.447. The summed E-state index contributed by atoms with van der Waals surface area (Å²) in [5, 5.41) is 0. The molecule has 0 atom stereocenters. The summed E-state index contributed by atoms with van der Waals surface area (Å²) in [6.45, 7) is 3.75. The summed E-state index contributed by atoms with van der Waals surface area (Å²) in [5.41, 5.74) is 2.29. The second-order valence-corrected chi connectivity index (χ2v) is 4.66. The molecule has 80 valence electrons. The highest BCUT2D eigenvalue weighted by Gasteiger charge is 2.37. The molecule has 1 aromatic rings. The van der Waals surface area contributed by atoms with Gasteiger partial charge in [0.25, 0.3) is 0 Å². The maximum atomic E-state index is 10.4. The minimum atomic E-state index is 0.447. The monoisotopic (exact) mass is 204 g/mol. The Balaban J connectivity index is 1.80. The van der Waals surface area contributed by atoms with Crippen molar-refractivity contribution in [2.24, 2.45) is 5.41 Å². The smallest absolute Gasteiger partial charge is 0.150 e. The number of hydrogen-bond acceptors (Lipinski definition) is 2. The molecular weight excluding hydrogens is 188 g/mol. The lowest BCUT2D eigenvalue weighted by molar-refractivity contribution is 0.0842. The van der Waals surface area contributed by atoms with Crippen LogP contribution in [0.1, 0.15) is 35.7 Å². The van der Waals surface area contributed by atoms with Gasteiger partial charge in [0.05, 0.1) is 13.2 Å². The number of benzene rings is 1. The number of hydrogen-bond donors (Lipinski definition) is 0. The molecule has 1 aliphatic carbocycles. The lowest BCUT2D eigenvalue weighted by Crippen LogP contribution is -2.05. The van der Waals surface area contributed by atoms with Crippen LogP contribution in [-0.4, -0.2) is 12.9 Å². The molecule has 0 N–H and O–H groups in total. The Bertz CT molecular complexity index is 336. The maximum absolute atomic E-state index is 10.4. The molecule has 2 nitrogen and oxygen atoms in total. The first kappa shape index (κ1) is 10.4. The Labute approximate surface area is 90.3 Å². The zero-order valence-electron chi connectivity index (χ0n) is 9.03. The van der Waals surface area contributed by atoms with Gasteiger partial charge >= 0.3 is 0 Å². The fourth-order valence-corrected chi connectivity index (χ4v) is 1.47. The highest BCUT2D eigenvalue weighted by molar-refractivity contribution is 5.74. The van der Waals surface area contributed by atoms with Crippen LogP contribution in [0.3, 0.4) is 0 Å². The maximum Gasteiger partial charge on any atom is 0.150 e. The van der Waals surface area contributed by atoms with Gasteiger partial charge in [0.2, 0.25) is 0 Å². The van der Waals surface area contributed by atoms with E-state index < -0.39 is 0 Å². The van der Waals surface area contributed by atoms with Crippen LogP contribution in [-0.2, 0) is 11.3 Å². The van der Waals surface area contributed by atoms with Crippen molar-refractivity contribution in [1.82, 2.24) is 0 Å². The van der Waals surface area contributed by atoms with E-state index in [-0.39, 0.29) is 0 Å². The van der Waals surface area contributed by atoms with Crippen molar-refractivity contribution in [1.29, 1.82) is 0 Å². The Kier molecular flexibility index (Phi) is 2.87. The second-order valence-electron chi connectivity index (χ2n) is 4.66. The number of carbonyl (C=O) groups is 1. The number of aldehydes is 1. The highest BCUT2D eigenvalue weighted by Crippen LogP contribution is 2.45. The van der Waals surface area contributed by atoms with Crippen LogP contribution in [0.2, 0.25) is 0 Å². The molecule has 0 unspecified atom stereocenters. The third-order valence-electron chi connectivity index (χ3n) is 2.94. The van der Waals surface area contributed by atoms with Gasteiger partial charge in [0.15, 0.2) is 0 Å². The fraction of sp³-hybridized carbons (Fsp3) is 0.462. The number of carbonyl (C=O) groups excluding carboxylic acids is 1. The van der Waals surface area contributed by atoms with Crippen LogP contribution >= 0.6 is 0 Å². The van der Waals surface area contributed by atoms with Crippen molar-refractivity contribution in [3.05, 3.63) is 35.4 Å². The highest BCUT2D eigenvalue weighted by atomic mass is 16.5. The predicted molar refractivity (Wildman–Crippen MR) is 58.8 cm³/mol. The first-order chi connectivity index (χ1) is 7.22. The summed E-state index contributed by atoms with van der Waals surface area (Å²) in [6.07, 6.45) is 3.43. The van der Waals surface area contributed by atoms with Crippen LogP contribution in [0.15, 0.2) is 24.3 Å². The summed E-state index contributed by atoms with van der Waals surface area (Å²) >= 11 is 0. The molecule has 1 fully saturated rings. The van der Waals surface area contributed by atoms with E-state index in [4.69, 9.17) is 4.74 Å². The molecule has 0 saturated heterocycles. The van der Waals surface area contributed by atoms with E-state index in [2.05, 4.69) is 6.92 Å². The van der Waals surface area contributed by atoms with Crippen LogP contribution in [0.5, 0.6) is 0 Å². The summed E-state index contributed by atoms with van der Waals surface area (Å²) in [6, 6.07) is 7.53. The first-order valence-corrected chi connectivity index (χ1v) is 5.34. The molecule has 0 heterocycles. The Morgan fingerprint density at radius 2 is 2.00 bits per heavy atom. The van der Waals surface area contributed by atoms with E-state index in [1.165, 1.54) is 12.8 Å². The zero-order valence-corrected chi connectivity index (χ0v) is 9.03. The minimum Gasteiger partial charge on any atom is -0.376 e. The van der Waals surface area contributed by atoms with E-state index in [0.29, 0.717) is 17.6 Å². The summed E-state index contributed by atoms with van der Waals surface area (Å²) in [7, 11) is 0. The third kappa shape index (κ3) is 2.90. The van der Waals surface area contributed by atoms with Crippen molar-refractivity contribution in [2.45, 2.75) is 26.4 Å². The molecule has 1 aromatic carbocycles. The molecule has 15 heavy (non-hydrogen) atoms. The van der Waals surface area contributed by atoms with Crippen LogP contribution in [0.25, 0.3) is 0 Å². The molecule has 2 rings (SSSR count). The van der Waals surface area contributed by atoms with Crippen molar-refractivity contribution in [3.63, 3.8) is 0 Å². The number of rotatable bonds is 5. The molecular formula is C13H16O2. The zero-order chi connectivity index (χ0) is 10.7. The van der Waals surface area contributed by atoms with Crippen molar-refractivity contribution < 1.29 is 9.53 Å². The average molecular weight is 204 g/mol. The van der Waals surface area contributed by atoms with E-state index >= 15 is 0 Å². The van der Waals surface area contributed by atoms with Crippen LogP contribution in [0, 0.1) is 5.41 Å². The molecule has 0 bridgehead atoms. The van der Waals surface area contributed by atoms with Crippen molar-refractivity contribution in [3.8, 4) is 0 Å². The summed E-state index contributed by atoms with van der Waals surface area (Å²) in [5.74, 6) is 0. The normalized spacial score (nSPS) is 17.4. The van der Waals surface area contributed by atoms with Gasteiger partial charge in [-0.25, -0.2) is 0 Å². The molecule has 0 radical (unpaired) electrons. The summed E-state index contributed by atoms with van der Waals surface area (Å²) in [4.78, 5) is 10.4. The predicted octanol–water partition coefficient (Wildman–Crippen LogP) is 2.82. The topological polar surface area (TPSA) is 26.3 Å². The lowest BCUT2D eigenvalue weighted by atomic mass is 10.1. The SMILES string of the molecule is CC1(COCc2ccc(C=O)cc2)CC1. The van der Waals surface area contributed by atoms with Gasteiger partial charge in [-0.1, -0.05) is 31.2 Å². The quantitative estimate of drug-likeness (QED) is 0.689. The fourth-order valence-electron chi connectivity index (χ4n) is 1.47. The van der Waals surface area contributed by atoms with Crippen molar-refractivity contribution >= 4 is 6.29 Å². The van der Waals surface area contributed by atoms with Crippen LogP contribution in [0.4, 0.5) is 0 Å². The molecule has 0 amide bonds. The standard InChI is InChI=1S/C13H16O2/c1-13(6-7-13)10-15-9-12-4-2-11(8-14)3-5-12/h2-5,8H,6-7,9-10H2,1H3. The average Bonchev–Trinajstić information content (AvgIpc) is 2.98. The van der Waals surface area contributed by atoms with Crippen LogP contribution < -0.4 is 0 Å². The molecule has 2 heteroatoms. The number of ether oxygens (including phenoxy) is 1. The van der Waals surface area contributed by atoms with Gasteiger partial charge in [0, 0.05) is 5.56 Å². The van der Waals surface area contributed by atoms with E-state index in [1.54, 1.807) is 0 Å². The van der Waals surface area contributed by atoms with E-state index in [9.17, 15) is 4.79 Å². The van der Waals surface area contributed by atoms with Gasteiger partial charge in [0.1, 0.15) is 6.29 Å². The Morgan fingerprint density at radius 3 is 2.53 bits per heavy atom. The largest absolute Gasteiger partial charge is 0.376 e. The molecule has 0 spiro atoms.